The van der Waals surface area contributed by atoms with Gasteiger partial charge in [-0.05, 0) is 75.1 Å². The van der Waals surface area contributed by atoms with Crippen LogP contribution in [-0.4, -0.2) is 63.6 Å². The molecule has 1 aliphatic heterocycles. The molecule has 0 spiro atoms. The zero-order chi connectivity index (χ0) is 24.4. The van der Waals surface area contributed by atoms with Gasteiger partial charge in [0.05, 0.1) is 18.0 Å². The van der Waals surface area contributed by atoms with Crippen molar-refractivity contribution < 1.29 is 9.53 Å². The van der Waals surface area contributed by atoms with Crippen LogP contribution in [0, 0.1) is 0 Å². The first-order valence-electron chi connectivity index (χ1n) is 12.3. The number of hydrogen-bond acceptors (Lipinski definition) is 7. The Hall–Kier alpha value is -3.75. The van der Waals surface area contributed by atoms with Crippen molar-refractivity contribution in [3.8, 4) is 17.0 Å². The molecular weight excluding hydrogens is 444 g/mol. The van der Waals surface area contributed by atoms with Crippen molar-refractivity contribution in [1.82, 2.24) is 24.9 Å². The lowest BCUT2D eigenvalue weighted by Gasteiger charge is -2.36. The Morgan fingerprint density at radius 2 is 1.80 bits per heavy atom. The van der Waals surface area contributed by atoms with Gasteiger partial charge in [0.15, 0.2) is 5.82 Å². The van der Waals surface area contributed by atoms with Crippen LogP contribution >= 0.6 is 0 Å². The van der Waals surface area contributed by atoms with Crippen LogP contribution in [0.2, 0.25) is 0 Å². The molecule has 3 aromatic rings. The molecule has 0 radical (unpaired) electrons. The second-order valence-electron chi connectivity index (χ2n) is 8.98. The second kappa shape index (κ2) is 9.85. The number of anilines is 1. The first kappa shape index (κ1) is 23.0. The molecule has 3 heterocycles. The highest BCUT2D eigenvalue weighted by Gasteiger charge is 2.28. The quantitative estimate of drug-likeness (QED) is 0.542. The number of fused-ring (bicyclic) bond motifs is 1. The van der Waals surface area contributed by atoms with E-state index in [1.54, 1.807) is 13.0 Å². The fraction of sp³-hybridized carbons (Fsp3) is 0.423. The van der Waals surface area contributed by atoms with Gasteiger partial charge < -0.3 is 14.5 Å². The Morgan fingerprint density at radius 1 is 1.03 bits per heavy atom. The third-order valence-corrected chi connectivity index (χ3v) is 6.73. The number of benzene rings is 1. The second-order valence-corrected chi connectivity index (χ2v) is 8.98. The summed E-state index contributed by atoms with van der Waals surface area (Å²) in [6.45, 7) is 6.78. The first-order valence-corrected chi connectivity index (χ1v) is 12.3. The van der Waals surface area contributed by atoms with Gasteiger partial charge in [0.2, 0.25) is 5.91 Å². The van der Waals surface area contributed by atoms with Crippen LogP contribution in [0.1, 0.15) is 37.6 Å². The van der Waals surface area contributed by atoms with Gasteiger partial charge in [-0.2, -0.15) is 5.10 Å². The van der Waals surface area contributed by atoms with Gasteiger partial charge in [0, 0.05) is 37.8 Å². The molecule has 9 heteroatoms. The monoisotopic (exact) mass is 474 g/mol. The molecular formula is C26H30N6O3. The van der Waals surface area contributed by atoms with Gasteiger partial charge >= 0.3 is 0 Å². The summed E-state index contributed by atoms with van der Waals surface area (Å²) < 4.78 is 6.84. The van der Waals surface area contributed by atoms with E-state index in [-0.39, 0.29) is 11.5 Å². The Labute approximate surface area is 204 Å². The zero-order valence-electron chi connectivity index (χ0n) is 20.2. The minimum atomic E-state index is -0.617. The average molecular weight is 475 g/mol. The smallest absolute Gasteiger partial charge is 0.267 e. The molecule has 5 rings (SSSR count). The predicted octanol–water partition coefficient (Wildman–Crippen LogP) is 2.50. The molecule has 2 aromatic heterocycles. The maximum Gasteiger partial charge on any atom is 0.267 e. The van der Waals surface area contributed by atoms with Crippen molar-refractivity contribution in [1.29, 1.82) is 0 Å². The fourth-order valence-corrected chi connectivity index (χ4v) is 4.75. The topological polar surface area (TPSA) is 93.5 Å². The molecule has 182 valence electrons. The summed E-state index contributed by atoms with van der Waals surface area (Å²) >= 11 is 0. The van der Waals surface area contributed by atoms with Crippen molar-refractivity contribution in [3.05, 3.63) is 64.1 Å². The molecule has 1 saturated heterocycles. The number of carbonyl (C=O) groups excluding carboxylic acids is 1. The molecule has 1 fully saturated rings. The van der Waals surface area contributed by atoms with Crippen molar-refractivity contribution in [2.24, 2.45) is 0 Å². The predicted molar refractivity (Wildman–Crippen MR) is 133 cm³/mol. The number of aryl methyl sites for hydroxylation is 2. The SMILES string of the molecule is CCOc1ccc(-c2ccc(N3CCN(C(=O)C(C)n4nc5c(cc4=O)CCC5)CC3)nn2)cc1. The summed E-state index contributed by atoms with van der Waals surface area (Å²) in [6, 6.07) is 12.8. The summed E-state index contributed by atoms with van der Waals surface area (Å²) in [5.74, 6) is 1.55. The normalized spacial score (nSPS) is 16.2. The molecule has 0 N–H and O–H groups in total. The van der Waals surface area contributed by atoms with E-state index in [1.165, 1.54) is 4.68 Å². The van der Waals surface area contributed by atoms with E-state index in [1.807, 2.05) is 48.2 Å². The summed E-state index contributed by atoms with van der Waals surface area (Å²) in [7, 11) is 0. The van der Waals surface area contributed by atoms with Crippen LogP contribution < -0.4 is 15.2 Å². The number of piperazine rings is 1. The molecule has 1 aromatic carbocycles. The van der Waals surface area contributed by atoms with Gasteiger partial charge in [-0.3, -0.25) is 9.59 Å². The summed E-state index contributed by atoms with van der Waals surface area (Å²) in [5.41, 5.74) is 3.54. The molecule has 1 unspecified atom stereocenters. The molecule has 0 bridgehead atoms. The summed E-state index contributed by atoms with van der Waals surface area (Å²) in [4.78, 5) is 29.6. The highest BCUT2D eigenvalue weighted by molar-refractivity contribution is 5.80. The van der Waals surface area contributed by atoms with E-state index in [0.29, 0.717) is 32.8 Å². The van der Waals surface area contributed by atoms with Crippen molar-refractivity contribution >= 4 is 11.7 Å². The van der Waals surface area contributed by atoms with Crippen molar-refractivity contribution in [3.63, 3.8) is 0 Å². The number of nitrogens with zero attached hydrogens (tertiary/aromatic N) is 6. The zero-order valence-corrected chi connectivity index (χ0v) is 20.2. The highest BCUT2D eigenvalue weighted by Crippen LogP contribution is 2.23. The molecule has 1 amide bonds. The summed E-state index contributed by atoms with van der Waals surface area (Å²) in [5, 5.41) is 13.3. The van der Waals surface area contributed by atoms with E-state index < -0.39 is 6.04 Å². The summed E-state index contributed by atoms with van der Waals surface area (Å²) in [6.07, 6.45) is 2.78. The van der Waals surface area contributed by atoms with E-state index in [2.05, 4.69) is 20.2 Å². The minimum absolute atomic E-state index is 0.0749. The van der Waals surface area contributed by atoms with E-state index in [4.69, 9.17) is 4.74 Å². The van der Waals surface area contributed by atoms with Gasteiger partial charge in [-0.15, -0.1) is 10.2 Å². The molecule has 1 atom stereocenters. The largest absolute Gasteiger partial charge is 0.494 e. The Bertz CT molecular complexity index is 1250. The van der Waals surface area contributed by atoms with E-state index in [9.17, 15) is 9.59 Å². The molecule has 9 nitrogen and oxygen atoms in total. The molecule has 1 aliphatic carbocycles. The van der Waals surface area contributed by atoms with E-state index >= 15 is 0 Å². The third-order valence-electron chi connectivity index (χ3n) is 6.73. The fourth-order valence-electron chi connectivity index (χ4n) is 4.75. The van der Waals surface area contributed by atoms with Crippen LogP contribution in [0.25, 0.3) is 11.3 Å². The van der Waals surface area contributed by atoms with Gasteiger partial charge in [0.1, 0.15) is 11.8 Å². The van der Waals surface area contributed by atoms with Crippen LogP contribution in [0.15, 0.2) is 47.3 Å². The molecule has 35 heavy (non-hydrogen) atoms. The lowest BCUT2D eigenvalue weighted by Crippen LogP contribution is -2.51. The molecule has 2 aliphatic rings. The van der Waals surface area contributed by atoms with Gasteiger partial charge in [-0.1, -0.05) is 0 Å². The van der Waals surface area contributed by atoms with Gasteiger partial charge in [0.25, 0.3) is 5.56 Å². The Kier molecular flexibility index (Phi) is 6.48. The lowest BCUT2D eigenvalue weighted by molar-refractivity contribution is -0.135. The van der Waals surface area contributed by atoms with Gasteiger partial charge in [-0.25, -0.2) is 4.68 Å². The van der Waals surface area contributed by atoms with Crippen LogP contribution in [0.5, 0.6) is 5.75 Å². The number of hydrogen-bond donors (Lipinski definition) is 0. The highest BCUT2D eigenvalue weighted by atomic mass is 16.5. The Balaban J connectivity index is 1.20. The maximum atomic E-state index is 13.1. The van der Waals surface area contributed by atoms with Crippen molar-refractivity contribution in [2.75, 3.05) is 37.7 Å². The first-order chi connectivity index (χ1) is 17.0. The number of rotatable bonds is 6. The Morgan fingerprint density at radius 3 is 2.49 bits per heavy atom. The molecule has 0 saturated carbocycles. The number of amides is 1. The van der Waals surface area contributed by atoms with Crippen LogP contribution in [0.3, 0.4) is 0 Å². The lowest BCUT2D eigenvalue weighted by atomic mass is 10.1. The maximum absolute atomic E-state index is 13.1. The number of ether oxygens (including phenoxy) is 1. The standard InChI is InChI=1S/C26H30N6O3/c1-3-35-21-9-7-19(8-10-21)22-11-12-24(28-27-22)30-13-15-31(16-14-30)26(34)18(2)32-25(33)17-20-5-4-6-23(20)29-32/h7-12,17-18H,3-6,13-16H2,1-2H3. The number of aromatic nitrogens is 4. The van der Waals surface area contributed by atoms with Crippen LogP contribution in [-0.2, 0) is 17.6 Å². The van der Waals surface area contributed by atoms with E-state index in [0.717, 1.165) is 53.3 Å². The van der Waals surface area contributed by atoms with Crippen LogP contribution in [0.4, 0.5) is 5.82 Å². The third kappa shape index (κ3) is 4.76. The number of carbonyl (C=O) groups is 1. The minimum Gasteiger partial charge on any atom is -0.494 e. The average Bonchev–Trinajstić information content (AvgIpc) is 3.35. The van der Waals surface area contributed by atoms with Crippen molar-refractivity contribution in [2.45, 2.75) is 39.2 Å².